The fourth-order valence-corrected chi connectivity index (χ4v) is 2.08. The van der Waals surface area contributed by atoms with Gasteiger partial charge in [0.05, 0.1) is 19.9 Å². The van der Waals surface area contributed by atoms with Gasteiger partial charge >= 0.3 is 0 Å². The Bertz CT molecular complexity index is 727. The number of furan rings is 1. The van der Waals surface area contributed by atoms with Gasteiger partial charge in [-0.05, 0) is 29.8 Å². The number of ether oxygens (including phenoxy) is 1. The van der Waals surface area contributed by atoms with Crippen LogP contribution in [0.15, 0.2) is 59.5 Å². The van der Waals surface area contributed by atoms with Crippen LogP contribution in [0.1, 0.15) is 11.3 Å². The minimum atomic E-state index is 0.585. The lowest BCUT2D eigenvalue weighted by Crippen LogP contribution is -2.05. The summed E-state index contributed by atoms with van der Waals surface area (Å²) in [6.07, 6.45) is 3.18. The highest BCUT2D eigenvalue weighted by molar-refractivity contribution is 5.47. The second-order valence-corrected chi connectivity index (χ2v) is 4.92. The monoisotopic (exact) mass is 310 g/mol. The van der Waals surface area contributed by atoms with E-state index in [-0.39, 0.29) is 0 Å². The standard InChI is InChI=1S/C17H18N4O2/c1-22-14-6-4-13(5-7-14)10-18-16-9-17(21-12-20-16)19-11-15-3-2-8-23-15/h2-9,12H,10-11H2,1H3,(H2,18,19,20,21). The number of methoxy groups -OCH3 is 1. The van der Waals surface area contributed by atoms with E-state index in [4.69, 9.17) is 9.15 Å². The zero-order valence-corrected chi connectivity index (χ0v) is 12.8. The lowest BCUT2D eigenvalue weighted by Gasteiger charge is -2.08. The van der Waals surface area contributed by atoms with Gasteiger partial charge < -0.3 is 19.8 Å². The number of anilines is 2. The molecule has 6 nitrogen and oxygen atoms in total. The molecule has 2 heterocycles. The number of hydrogen-bond donors (Lipinski definition) is 2. The molecule has 0 saturated heterocycles. The highest BCUT2D eigenvalue weighted by Crippen LogP contribution is 2.14. The third-order valence-corrected chi connectivity index (χ3v) is 3.32. The number of nitrogens with zero attached hydrogens (tertiary/aromatic N) is 2. The molecule has 2 aromatic heterocycles. The minimum absolute atomic E-state index is 0.585. The number of benzene rings is 1. The van der Waals surface area contributed by atoms with Gasteiger partial charge in [-0.25, -0.2) is 9.97 Å². The van der Waals surface area contributed by atoms with Gasteiger partial charge in [0.1, 0.15) is 29.5 Å². The molecule has 0 unspecified atom stereocenters. The van der Waals surface area contributed by atoms with Crippen LogP contribution in [0.25, 0.3) is 0 Å². The van der Waals surface area contributed by atoms with Gasteiger partial charge in [-0.3, -0.25) is 0 Å². The molecule has 118 valence electrons. The molecule has 23 heavy (non-hydrogen) atoms. The Morgan fingerprint density at radius 3 is 2.39 bits per heavy atom. The summed E-state index contributed by atoms with van der Waals surface area (Å²) in [5.74, 6) is 3.21. The summed E-state index contributed by atoms with van der Waals surface area (Å²) in [6.45, 7) is 1.26. The molecular weight excluding hydrogens is 292 g/mol. The van der Waals surface area contributed by atoms with Crippen molar-refractivity contribution in [1.29, 1.82) is 0 Å². The number of aromatic nitrogens is 2. The molecule has 2 N–H and O–H groups in total. The molecule has 3 aromatic rings. The Morgan fingerprint density at radius 2 is 1.74 bits per heavy atom. The van der Waals surface area contributed by atoms with Gasteiger partial charge in [0, 0.05) is 12.6 Å². The van der Waals surface area contributed by atoms with E-state index in [1.165, 1.54) is 6.33 Å². The maximum Gasteiger partial charge on any atom is 0.131 e. The lowest BCUT2D eigenvalue weighted by atomic mass is 10.2. The van der Waals surface area contributed by atoms with Gasteiger partial charge in [0.2, 0.25) is 0 Å². The van der Waals surface area contributed by atoms with Gasteiger partial charge in [0.15, 0.2) is 0 Å². The van der Waals surface area contributed by atoms with E-state index in [0.717, 1.165) is 28.7 Å². The molecule has 0 aliphatic carbocycles. The third-order valence-electron chi connectivity index (χ3n) is 3.32. The largest absolute Gasteiger partial charge is 0.497 e. The topological polar surface area (TPSA) is 72.2 Å². The molecule has 0 aliphatic rings. The van der Waals surface area contributed by atoms with Crippen LogP contribution < -0.4 is 15.4 Å². The van der Waals surface area contributed by atoms with Gasteiger partial charge in [-0.1, -0.05) is 12.1 Å². The normalized spacial score (nSPS) is 10.3. The van der Waals surface area contributed by atoms with Crippen molar-refractivity contribution in [3.63, 3.8) is 0 Å². The molecule has 0 aliphatic heterocycles. The van der Waals surface area contributed by atoms with Crippen molar-refractivity contribution in [1.82, 2.24) is 9.97 Å². The summed E-state index contributed by atoms with van der Waals surface area (Å²) in [7, 11) is 1.66. The van der Waals surface area contributed by atoms with E-state index in [9.17, 15) is 0 Å². The molecular formula is C17H18N4O2. The van der Waals surface area contributed by atoms with Crippen LogP contribution in [-0.2, 0) is 13.1 Å². The van der Waals surface area contributed by atoms with E-state index in [2.05, 4.69) is 20.6 Å². The Morgan fingerprint density at radius 1 is 1.00 bits per heavy atom. The second-order valence-electron chi connectivity index (χ2n) is 4.92. The Kier molecular flexibility index (Phi) is 4.73. The van der Waals surface area contributed by atoms with Crippen LogP contribution >= 0.6 is 0 Å². The SMILES string of the molecule is COc1ccc(CNc2cc(NCc3ccco3)ncn2)cc1. The number of rotatable bonds is 7. The van der Waals surface area contributed by atoms with Gasteiger partial charge in [-0.15, -0.1) is 0 Å². The fraction of sp³-hybridized carbons (Fsp3) is 0.176. The van der Waals surface area contributed by atoms with Gasteiger partial charge in [0.25, 0.3) is 0 Å². The predicted molar refractivity (Wildman–Crippen MR) is 88.4 cm³/mol. The smallest absolute Gasteiger partial charge is 0.131 e. The number of hydrogen-bond acceptors (Lipinski definition) is 6. The van der Waals surface area contributed by atoms with Crippen molar-refractivity contribution >= 4 is 11.6 Å². The van der Waals surface area contributed by atoms with E-state index in [0.29, 0.717) is 13.1 Å². The third kappa shape index (κ3) is 4.23. The number of nitrogens with one attached hydrogen (secondary N) is 2. The summed E-state index contributed by atoms with van der Waals surface area (Å²) < 4.78 is 10.4. The van der Waals surface area contributed by atoms with Crippen molar-refractivity contribution in [2.24, 2.45) is 0 Å². The summed E-state index contributed by atoms with van der Waals surface area (Å²) in [6, 6.07) is 13.6. The van der Waals surface area contributed by atoms with E-state index in [1.807, 2.05) is 42.5 Å². The molecule has 0 atom stereocenters. The summed E-state index contributed by atoms with van der Waals surface area (Å²) >= 11 is 0. The fourth-order valence-electron chi connectivity index (χ4n) is 2.08. The van der Waals surface area contributed by atoms with E-state index < -0.39 is 0 Å². The Hall–Kier alpha value is -3.02. The lowest BCUT2D eigenvalue weighted by molar-refractivity contribution is 0.414. The molecule has 0 bridgehead atoms. The molecule has 1 aromatic carbocycles. The molecule has 6 heteroatoms. The molecule has 0 amide bonds. The highest BCUT2D eigenvalue weighted by Gasteiger charge is 2.01. The van der Waals surface area contributed by atoms with Crippen molar-refractivity contribution in [2.45, 2.75) is 13.1 Å². The summed E-state index contributed by atoms with van der Waals surface area (Å²) in [5, 5.41) is 6.48. The van der Waals surface area contributed by atoms with Crippen molar-refractivity contribution < 1.29 is 9.15 Å². The minimum Gasteiger partial charge on any atom is -0.497 e. The van der Waals surface area contributed by atoms with Gasteiger partial charge in [-0.2, -0.15) is 0 Å². The molecule has 3 rings (SSSR count). The molecule has 0 spiro atoms. The second kappa shape index (κ2) is 7.31. The molecule has 0 fully saturated rings. The maximum absolute atomic E-state index is 5.28. The summed E-state index contributed by atoms with van der Waals surface area (Å²) in [4.78, 5) is 8.42. The first kappa shape index (κ1) is 14.9. The Balaban J connectivity index is 1.56. The zero-order valence-electron chi connectivity index (χ0n) is 12.8. The van der Waals surface area contributed by atoms with Crippen LogP contribution in [-0.4, -0.2) is 17.1 Å². The van der Waals surface area contributed by atoms with Crippen LogP contribution in [0.2, 0.25) is 0 Å². The van der Waals surface area contributed by atoms with Crippen LogP contribution in [0.3, 0.4) is 0 Å². The van der Waals surface area contributed by atoms with Crippen LogP contribution in [0.5, 0.6) is 5.75 Å². The summed E-state index contributed by atoms with van der Waals surface area (Å²) in [5.41, 5.74) is 1.15. The van der Waals surface area contributed by atoms with Crippen molar-refractivity contribution in [3.8, 4) is 5.75 Å². The first-order valence-electron chi connectivity index (χ1n) is 7.28. The quantitative estimate of drug-likeness (QED) is 0.697. The van der Waals surface area contributed by atoms with Crippen molar-refractivity contribution in [2.75, 3.05) is 17.7 Å². The van der Waals surface area contributed by atoms with Crippen molar-refractivity contribution in [3.05, 3.63) is 66.4 Å². The van der Waals surface area contributed by atoms with Crippen LogP contribution in [0.4, 0.5) is 11.6 Å². The first-order valence-corrected chi connectivity index (χ1v) is 7.28. The Labute approximate surface area is 134 Å². The zero-order chi connectivity index (χ0) is 15.9. The van der Waals surface area contributed by atoms with E-state index in [1.54, 1.807) is 13.4 Å². The predicted octanol–water partition coefficient (Wildman–Crippen LogP) is 3.30. The first-order chi connectivity index (χ1) is 11.3. The van der Waals surface area contributed by atoms with E-state index >= 15 is 0 Å². The average molecular weight is 310 g/mol. The highest BCUT2D eigenvalue weighted by atomic mass is 16.5. The molecule has 0 radical (unpaired) electrons. The maximum atomic E-state index is 5.28. The average Bonchev–Trinajstić information content (AvgIpc) is 3.12. The molecule has 0 saturated carbocycles. The van der Waals surface area contributed by atoms with Crippen LogP contribution in [0, 0.1) is 0 Å².